The van der Waals surface area contributed by atoms with Gasteiger partial charge >= 0.3 is 0 Å². The molecule has 3 aromatic rings. The van der Waals surface area contributed by atoms with Crippen LogP contribution in [0, 0.1) is 11.3 Å². The molecule has 7 heteroatoms. The first-order chi connectivity index (χ1) is 14.9. The number of benzene rings is 3. The van der Waals surface area contributed by atoms with E-state index in [1.807, 2.05) is 30.3 Å². The minimum absolute atomic E-state index is 0.227. The molecule has 0 aliphatic heterocycles. The largest absolute Gasteiger partial charge is 0.273 e. The van der Waals surface area contributed by atoms with Crippen molar-refractivity contribution < 1.29 is 4.79 Å². The van der Waals surface area contributed by atoms with E-state index in [0.717, 1.165) is 11.1 Å². The van der Waals surface area contributed by atoms with Crippen LogP contribution in [-0.4, -0.2) is 12.1 Å². The van der Waals surface area contributed by atoms with Gasteiger partial charge in [-0.1, -0.05) is 77.3 Å². The normalized spacial score (nSPS) is 11.4. The zero-order valence-corrected chi connectivity index (χ0v) is 18.7. The van der Waals surface area contributed by atoms with Crippen molar-refractivity contribution in [2.24, 2.45) is 5.10 Å². The molecule has 0 heterocycles. The van der Waals surface area contributed by atoms with E-state index in [1.165, 1.54) is 11.9 Å². The van der Waals surface area contributed by atoms with Gasteiger partial charge in [-0.2, -0.15) is 10.4 Å². The Balaban J connectivity index is 1.99. The third-order valence-electron chi connectivity index (χ3n) is 4.26. The van der Waals surface area contributed by atoms with E-state index in [0.29, 0.717) is 16.3 Å². The van der Waals surface area contributed by atoms with Gasteiger partial charge in [-0.15, -0.1) is 0 Å². The number of carbonyl (C=O) groups is 1. The highest BCUT2D eigenvalue weighted by Gasteiger charge is 2.18. The summed E-state index contributed by atoms with van der Waals surface area (Å²) < 4.78 is 0. The van der Waals surface area contributed by atoms with E-state index in [4.69, 9.17) is 34.8 Å². The lowest BCUT2D eigenvalue weighted by Gasteiger charge is -2.17. The Morgan fingerprint density at radius 2 is 1.58 bits per heavy atom. The van der Waals surface area contributed by atoms with Gasteiger partial charge in [0.15, 0.2) is 0 Å². The molecule has 154 valence electrons. The van der Waals surface area contributed by atoms with Crippen molar-refractivity contribution in [1.29, 1.82) is 5.26 Å². The second-order valence-corrected chi connectivity index (χ2v) is 7.74. The summed E-state index contributed by atoms with van der Waals surface area (Å²) in [5, 5.41) is 16.2. The van der Waals surface area contributed by atoms with Gasteiger partial charge in [-0.3, -0.25) is 4.79 Å². The first kappa shape index (κ1) is 22.6. The number of hydrogen-bond donors (Lipinski definition) is 0. The number of nitriles is 1. The number of nitrogens with zero attached hydrogens (tertiary/aromatic N) is 3. The van der Waals surface area contributed by atoms with Gasteiger partial charge in [-0.25, -0.2) is 5.01 Å². The van der Waals surface area contributed by atoms with Gasteiger partial charge in [0, 0.05) is 17.5 Å². The lowest BCUT2D eigenvalue weighted by molar-refractivity contribution is -0.116. The van der Waals surface area contributed by atoms with Gasteiger partial charge in [-0.05, 0) is 41.5 Å². The fraction of sp³-hybridized carbons (Fsp3) is 0.0417. The van der Waals surface area contributed by atoms with E-state index >= 15 is 0 Å². The summed E-state index contributed by atoms with van der Waals surface area (Å²) in [6.07, 6.45) is 3.23. The fourth-order valence-electron chi connectivity index (χ4n) is 2.82. The molecule has 0 aliphatic carbocycles. The average molecular weight is 469 g/mol. The van der Waals surface area contributed by atoms with Crippen LogP contribution in [0.3, 0.4) is 0 Å². The smallest absolute Gasteiger partial charge is 0.244 e. The first-order valence-electron chi connectivity index (χ1n) is 9.15. The maximum atomic E-state index is 12.2. The number of rotatable bonds is 5. The monoisotopic (exact) mass is 467 g/mol. The van der Waals surface area contributed by atoms with Crippen LogP contribution in [-0.2, 0) is 4.79 Å². The summed E-state index contributed by atoms with van der Waals surface area (Å²) in [5.41, 5.74) is 2.66. The molecule has 3 rings (SSSR count). The molecule has 0 saturated carbocycles. The van der Waals surface area contributed by atoms with Crippen LogP contribution >= 0.6 is 34.8 Å². The van der Waals surface area contributed by atoms with Crippen molar-refractivity contribution in [3.05, 3.63) is 98.5 Å². The third kappa shape index (κ3) is 5.74. The van der Waals surface area contributed by atoms with Crippen molar-refractivity contribution >= 4 is 64.3 Å². The highest BCUT2D eigenvalue weighted by Crippen LogP contribution is 2.36. The molecular formula is C24H16Cl3N3O. The van der Waals surface area contributed by atoms with E-state index < -0.39 is 0 Å². The van der Waals surface area contributed by atoms with Crippen LogP contribution in [0.25, 0.3) is 11.6 Å². The van der Waals surface area contributed by atoms with Crippen LogP contribution in [0.1, 0.15) is 23.6 Å². The molecule has 0 N–H and O–H groups in total. The summed E-state index contributed by atoms with van der Waals surface area (Å²) in [6.45, 7) is 1.39. The molecule has 0 aliphatic rings. The van der Waals surface area contributed by atoms with Crippen molar-refractivity contribution in [1.82, 2.24) is 0 Å². The molecule has 0 saturated heterocycles. The molecule has 4 nitrogen and oxygen atoms in total. The number of anilines is 1. The van der Waals surface area contributed by atoms with Crippen molar-refractivity contribution in [2.45, 2.75) is 6.92 Å². The van der Waals surface area contributed by atoms with Gasteiger partial charge < -0.3 is 0 Å². The molecule has 1 amide bonds. The topological polar surface area (TPSA) is 56.5 Å². The molecule has 31 heavy (non-hydrogen) atoms. The Hall–Kier alpha value is -3.10. The van der Waals surface area contributed by atoms with Crippen LogP contribution in [0.2, 0.25) is 15.1 Å². The molecule has 0 bridgehead atoms. The second-order valence-electron chi connectivity index (χ2n) is 6.49. The highest BCUT2D eigenvalue weighted by molar-refractivity contribution is 6.39. The molecule has 0 atom stereocenters. The van der Waals surface area contributed by atoms with Crippen molar-refractivity contribution in [2.75, 3.05) is 5.01 Å². The Bertz CT molecular complexity index is 1170. The van der Waals surface area contributed by atoms with Crippen LogP contribution < -0.4 is 5.01 Å². The molecule has 3 aromatic carbocycles. The zero-order chi connectivity index (χ0) is 22.4. The predicted octanol–water partition coefficient (Wildman–Crippen LogP) is 7.10. The van der Waals surface area contributed by atoms with Gasteiger partial charge in [0.2, 0.25) is 5.91 Å². The van der Waals surface area contributed by atoms with E-state index in [1.54, 1.807) is 48.7 Å². The summed E-state index contributed by atoms with van der Waals surface area (Å²) >= 11 is 18.9. The summed E-state index contributed by atoms with van der Waals surface area (Å²) in [6, 6.07) is 21.6. The fourth-order valence-corrected chi connectivity index (χ4v) is 3.62. The third-order valence-corrected chi connectivity index (χ3v) is 5.11. The molecule has 0 aromatic heterocycles. The minimum atomic E-state index is -0.315. The van der Waals surface area contributed by atoms with Crippen LogP contribution in [0.4, 0.5) is 5.69 Å². The van der Waals surface area contributed by atoms with Crippen molar-refractivity contribution in [3.8, 4) is 6.07 Å². The van der Waals surface area contributed by atoms with E-state index in [2.05, 4.69) is 11.2 Å². The van der Waals surface area contributed by atoms with Crippen LogP contribution in [0.15, 0.2) is 71.8 Å². The lowest BCUT2D eigenvalue weighted by Crippen LogP contribution is -2.22. The number of hydrazone groups is 1. The van der Waals surface area contributed by atoms with Gasteiger partial charge in [0.05, 0.1) is 33.6 Å². The quantitative estimate of drug-likeness (QED) is 0.173. The van der Waals surface area contributed by atoms with E-state index in [9.17, 15) is 10.1 Å². The Morgan fingerprint density at radius 1 is 0.968 bits per heavy atom. The minimum Gasteiger partial charge on any atom is -0.273 e. The standard InChI is InChI=1S/C24H16Cl3N3O/c1-16(31)30(29-15-18-5-3-2-4-6-18)21-12-22(26)24(23(27)13-21)19(14-28)11-17-7-9-20(25)10-8-17/h2-13,15H,1H3/b19-11+,29-15+. The predicted molar refractivity (Wildman–Crippen MR) is 129 cm³/mol. The summed E-state index contributed by atoms with van der Waals surface area (Å²) in [7, 11) is 0. The first-order valence-corrected chi connectivity index (χ1v) is 10.3. The number of halogens is 3. The Kier molecular flexibility index (Phi) is 7.49. The van der Waals surface area contributed by atoms with E-state index in [-0.39, 0.29) is 21.5 Å². The molecule has 0 spiro atoms. The maximum absolute atomic E-state index is 12.2. The number of allylic oxidation sites excluding steroid dienone is 1. The van der Waals surface area contributed by atoms with Gasteiger partial charge in [0.1, 0.15) is 0 Å². The lowest BCUT2D eigenvalue weighted by atomic mass is 10.0. The maximum Gasteiger partial charge on any atom is 0.244 e. The Labute approximate surface area is 195 Å². The van der Waals surface area contributed by atoms with Crippen molar-refractivity contribution in [3.63, 3.8) is 0 Å². The summed E-state index contributed by atoms with van der Waals surface area (Å²) in [4.78, 5) is 12.2. The second kappa shape index (κ2) is 10.3. The van der Waals surface area contributed by atoms with Gasteiger partial charge in [0.25, 0.3) is 0 Å². The number of amides is 1. The molecule has 0 fully saturated rings. The molecular weight excluding hydrogens is 453 g/mol. The number of hydrogen-bond acceptors (Lipinski definition) is 3. The average Bonchev–Trinajstić information content (AvgIpc) is 2.74. The van der Waals surface area contributed by atoms with Crippen LogP contribution in [0.5, 0.6) is 0 Å². The molecule has 0 unspecified atom stereocenters. The Morgan fingerprint density at radius 3 is 2.13 bits per heavy atom. The number of carbonyl (C=O) groups excluding carboxylic acids is 1. The SMILES string of the molecule is CC(=O)N(/N=C/c1ccccc1)c1cc(Cl)c(/C(C#N)=C/c2ccc(Cl)cc2)c(Cl)c1. The summed E-state index contributed by atoms with van der Waals surface area (Å²) in [5.74, 6) is -0.315. The molecule has 0 radical (unpaired) electrons. The zero-order valence-electron chi connectivity index (χ0n) is 16.4. The highest BCUT2D eigenvalue weighted by atomic mass is 35.5.